The zero-order chi connectivity index (χ0) is 34.1. The Kier molecular flexibility index (Phi) is 9.93. The second-order valence-corrected chi connectivity index (χ2v) is 11.9. The quantitative estimate of drug-likeness (QED) is 0.171. The number of alkyl halides is 8. The lowest BCUT2D eigenvalue weighted by molar-refractivity contribution is -0.143. The van der Waals surface area contributed by atoms with Crippen LogP contribution in [0.2, 0.25) is 0 Å². The molecule has 3 N–H and O–H groups in total. The number of aromatic nitrogens is 4. The van der Waals surface area contributed by atoms with E-state index in [-0.39, 0.29) is 36.9 Å². The molecule has 47 heavy (non-hydrogen) atoms. The van der Waals surface area contributed by atoms with E-state index in [1.54, 1.807) is 18.2 Å². The van der Waals surface area contributed by atoms with Crippen molar-refractivity contribution >= 4 is 22.8 Å². The second-order valence-electron chi connectivity index (χ2n) is 11.9. The number of hydrogen-bond donors (Lipinski definition) is 3. The molecule has 2 aliphatic rings. The van der Waals surface area contributed by atoms with Crippen molar-refractivity contribution in [2.45, 2.75) is 81.8 Å². The molecule has 19 heteroatoms. The highest BCUT2D eigenvalue weighted by atomic mass is 19.3. The summed E-state index contributed by atoms with van der Waals surface area (Å²) in [6.07, 6.45) is -9.12. The van der Waals surface area contributed by atoms with Crippen LogP contribution in [0.25, 0.3) is 11.0 Å². The smallest absolute Gasteiger partial charge is 0.304 e. The molecular formula is C28H30F8N6O5. The zero-order valence-electron chi connectivity index (χ0n) is 24.6. The van der Waals surface area contributed by atoms with Gasteiger partial charge in [-0.3, -0.25) is 9.59 Å². The lowest BCUT2D eigenvalue weighted by Crippen LogP contribution is -2.43. The minimum Gasteiger partial charge on any atom is -0.433 e. The van der Waals surface area contributed by atoms with Crippen molar-refractivity contribution in [1.82, 2.24) is 30.9 Å². The number of imidazole rings is 1. The average molecular weight is 683 g/mol. The van der Waals surface area contributed by atoms with Crippen molar-refractivity contribution in [2.24, 2.45) is 11.8 Å². The minimum absolute atomic E-state index is 0.0344. The number of benzene rings is 1. The summed E-state index contributed by atoms with van der Waals surface area (Å²) in [7, 11) is 0. The summed E-state index contributed by atoms with van der Waals surface area (Å²) in [5.74, 6) is -5.75. The number of nitrogens with zero attached hydrogens (tertiary/aromatic N) is 3. The van der Waals surface area contributed by atoms with Gasteiger partial charge in [-0.25, -0.2) is 40.3 Å². The van der Waals surface area contributed by atoms with Gasteiger partial charge in [-0.05, 0) is 59.6 Å². The van der Waals surface area contributed by atoms with E-state index in [1.807, 2.05) is 0 Å². The number of carbonyl (C=O) groups is 2. The van der Waals surface area contributed by atoms with E-state index < -0.39 is 79.5 Å². The van der Waals surface area contributed by atoms with Gasteiger partial charge in [0.15, 0.2) is 5.60 Å². The van der Waals surface area contributed by atoms with E-state index >= 15 is 0 Å². The third-order valence-electron chi connectivity index (χ3n) is 7.98. The molecule has 0 radical (unpaired) electrons. The monoisotopic (exact) mass is 682 g/mol. The Morgan fingerprint density at radius 2 is 1.85 bits per heavy atom. The van der Waals surface area contributed by atoms with Crippen LogP contribution in [0.5, 0.6) is 5.88 Å². The van der Waals surface area contributed by atoms with Gasteiger partial charge < -0.3 is 25.1 Å². The van der Waals surface area contributed by atoms with Crippen LogP contribution in [-0.2, 0) is 9.53 Å². The second kappa shape index (κ2) is 13.6. The topological polar surface area (TPSA) is 144 Å². The highest BCUT2D eigenvalue weighted by molar-refractivity contribution is 5.94. The summed E-state index contributed by atoms with van der Waals surface area (Å²) < 4.78 is 120. The maximum Gasteiger partial charge on any atom is 0.304 e. The molecule has 2 saturated carbocycles. The average Bonchev–Trinajstić information content (AvgIpc) is 3.58. The minimum atomic E-state index is -3.60. The van der Waals surface area contributed by atoms with E-state index in [0.717, 1.165) is 19.8 Å². The van der Waals surface area contributed by atoms with Crippen molar-refractivity contribution in [3.8, 4) is 5.88 Å². The van der Waals surface area contributed by atoms with Gasteiger partial charge in [0.1, 0.15) is 18.5 Å². The molecule has 2 aliphatic carbocycles. The number of nitrogens with one attached hydrogen (secondary N) is 3. The third-order valence-corrected chi connectivity index (χ3v) is 7.98. The molecule has 0 spiro atoms. The Bertz CT molecular complexity index is 1560. The summed E-state index contributed by atoms with van der Waals surface area (Å²) in [5, 5.41) is 11.5. The molecule has 5 rings (SSSR count). The molecule has 258 valence electrons. The normalized spacial score (nSPS) is 19.6. The number of halogens is 8. The van der Waals surface area contributed by atoms with Crippen molar-refractivity contribution in [3.05, 3.63) is 35.3 Å². The van der Waals surface area contributed by atoms with Gasteiger partial charge in [0.05, 0.1) is 23.7 Å². The Balaban J connectivity index is 1.37. The summed E-state index contributed by atoms with van der Waals surface area (Å²) in [6.45, 7) is -1.57. The Morgan fingerprint density at radius 1 is 1.13 bits per heavy atom. The zero-order valence-corrected chi connectivity index (χ0v) is 24.6. The molecule has 2 amide bonds. The fourth-order valence-electron chi connectivity index (χ4n) is 5.13. The molecular weight excluding hydrogens is 652 g/mol. The Morgan fingerprint density at radius 3 is 2.47 bits per heavy atom. The van der Waals surface area contributed by atoms with Crippen LogP contribution >= 0.6 is 0 Å². The van der Waals surface area contributed by atoms with Crippen molar-refractivity contribution in [2.75, 3.05) is 13.3 Å². The molecule has 11 nitrogen and oxygen atoms in total. The highest BCUT2D eigenvalue weighted by Gasteiger charge is 2.46. The molecule has 3 aromatic rings. The van der Waals surface area contributed by atoms with Gasteiger partial charge in [0.2, 0.25) is 17.5 Å². The summed E-state index contributed by atoms with van der Waals surface area (Å²) in [5.41, 5.74) is -2.09. The van der Waals surface area contributed by atoms with Gasteiger partial charge in [0, 0.05) is 19.3 Å². The van der Waals surface area contributed by atoms with Crippen LogP contribution < -0.4 is 15.4 Å². The first-order chi connectivity index (χ1) is 22.2. The number of amides is 2. The summed E-state index contributed by atoms with van der Waals surface area (Å²) in [6, 6.07) is 3.09. The Labute approximate surface area is 261 Å². The van der Waals surface area contributed by atoms with E-state index in [1.165, 1.54) is 0 Å². The van der Waals surface area contributed by atoms with E-state index in [0.29, 0.717) is 16.6 Å². The molecule has 2 unspecified atom stereocenters. The molecule has 0 aliphatic heterocycles. The molecule has 2 aromatic heterocycles. The molecule has 0 bridgehead atoms. The van der Waals surface area contributed by atoms with Crippen molar-refractivity contribution in [3.63, 3.8) is 0 Å². The van der Waals surface area contributed by atoms with E-state index in [4.69, 9.17) is 4.74 Å². The van der Waals surface area contributed by atoms with Crippen LogP contribution in [0, 0.1) is 11.8 Å². The van der Waals surface area contributed by atoms with E-state index in [2.05, 4.69) is 40.3 Å². The SMILES string of the molecule is CC(CF)(OC[C@H](NC(=O)c1nonc1OC(F)C(F)F)c1nc2cc([C@H](NC(=O)CC3CC(F)(F)C3)C3CC3)ccc2[nH]1)C(F)F. The molecule has 4 atom stereocenters. The molecule has 1 aromatic carbocycles. The number of aromatic amines is 1. The first kappa shape index (κ1) is 34.3. The van der Waals surface area contributed by atoms with Crippen LogP contribution in [-0.4, -0.2) is 76.1 Å². The fraction of sp³-hybridized carbons (Fsp3) is 0.607. The third kappa shape index (κ3) is 8.10. The number of rotatable bonds is 16. The van der Waals surface area contributed by atoms with Gasteiger partial charge >= 0.3 is 6.43 Å². The number of hydrogen-bond acceptors (Lipinski definition) is 8. The van der Waals surface area contributed by atoms with Crippen molar-refractivity contribution in [1.29, 1.82) is 0 Å². The van der Waals surface area contributed by atoms with Crippen LogP contribution in [0.4, 0.5) is 35.1 Å². The first-order valence-electron chi connectivity index (χ1n) is 14.5. The molecule has 2 heterocycles. The van der Waals surface area contributed by atoms with Crippen LogP contribution in [0.3, 0.4) is 0 Å². The lowest BCUT2D eigenvalue weighted by atomic mass is 9.79. The fourth-order valence-corrected chi connectivity index (χ4v) is 5.13. The first-order valence-corrected chi connectivity index (χ1v) is 14.5. The van der Waals surface area contributed by atoms with Crippen LogP contribution in [0.15, 0.2) is 22.8 Å². The largest absolute Gasteiger partial charge is 0.433 e. The number of H-pyrrole nitrogens is 1. The summed E-state index contributed by atoms with van der Waals surface area (Å²) >= 11 is 0. The van der Waals surface area contributed by atoms with Gasteiger partial charge in [-0.15, -0.1) is 0 Å². The molecule has 0 saturated heterocycles. The maximum atomic E-state index is 13.6. The predicted molar refractivity (Wildman–Crippen MR) is 144 cm³/mol. The summed E-state index contributed by atoms with van der Waals surface area (Å²) in [4.78, 5) is 33.0. The van der Waals surface area contributed by atoms with E-state index in [9.17, 15) is 44.7 Å². The Hall–Kier alpha value is -4.03. The van der Waals surface area contributed by atoms with Gasteiger partial charge in [-0.1, -0.05) is 6.07 Å². The van der Waals surface area contributed by atoms with Crippen molar-refractivity contribution < 1.29 is 58.8 Å². The number of ether oxygens (including phenoxy) is 2. The van der Waals surface area contributed by atoms with Gasteiger partial charge in [-0.2, -0.15) is 4.39 Å². The standard InChI is InChI=1S/C28H30F8N6O5/c1-27(11-29,26(33)34)45-10-17(39-24(44)20-25(42-47-41-20)46-22(32)21(30)31)23-37-15-5-4-14(7-16(15)38-23)19(13-2-3-13)40-18(43)6-12-8-28(35,36)9-12/h4-5,7,12-13,17,19,21-22,26H,2-3,6,8-11H2,1H3,(H,37,38)(H,39,44)(H,40,43)/t17-,19+,22?,27?/m0/s1. The van der Waals surface area contributed by atoms with Crippen LogP contribution in [0.1, 0.15) is 73.0 Å². The number of fused-ring (bicyclic) bond motifs is 1. The predicted octanol–water partition coefficient (Wildman–Crippen LogP) is 5.37. The lowest BCUT2D eigenvalue weighted by Gasteiger charge is -2.34. The maximum absolute atomic E-state index is 13.6. The highest BCUT2D eigenvalue weighted by Crippen LogP contribution is 2.45. The molecule has 2 fully saturated rings. The number of carbonyl (C=O) groups excluding carboxylic acids is 2. The van der Waals surface area contributed by atoms with Gasteiger partial charge in [0.25, 0.3) is 24.6 Å².